The van der Waals surface area contributed by atoms with Gasteiger partial charge in [0.15, 0.2) is 0 Å². The second kappa shape index (κ2) is 5.45. The van der Waals surface area contributed by atoms with E-state index in [1.165, 1.54) is 10.4 Å². The van der Waals surface area contributed by atoms with Gasteiger partial charge in [-0.15, -0.1) is 11.3 Å². The van der Waals surface area contributed by atoms with E-state index in [2.05, 4.69) is 25.2 Å². The van der Waals surface area contributed by atoms with Gasteiger partial charge in [0, 0.05) is 20.9 Å². The van der Waals surface area contributed by atoms with Gasteiger partial charge in [0.1, 0.15) is 5.75 Å². The van der Waals surface area contributed by atoms with E-state index in [1.807, 2.05) is 0 Å². The maximum absolute atomic E-state index is 12.1. The van der Waals surface area contributed by atoms with E-state index in [9.17, 15) is 9.90 Å². The summed E-state index contributed by atoms with van der Waals surface area (Å²) in [5.41, 5.74) is 2.38. The summed E-state index contributed by atoms with van der Waals surface area (Å²) < 4.78 is 0. The highest BCUT2D eigenvalue weighted by atomic mass is 32.1. The van der Waals surface area contributed by atoms with Crippen molar-refractivity contribution in [1.29, 1.82) is 0 Å². The molecule has 0 radical (unpaired) electrons. The van der Waals surface area contributed by atoms with Crippen LogP contribution in [0.25, 0.3) is 0 Å². The third kappa shape index (κ3) is 2.96. The van der Waals surface area contributed by atoms with E-state index >= 15 is 0 Å². The van der Waals surface area contributed by atoms with Crippen molar-refractivity contribution >= 4 is 17.2 Å². The number of aromatic hydroxyl groups is 1. The molecule has 0 saturated heterocycles. The number of nitrogens with one attached hydrogen (secondary N) is 1. The van der Waals surface area contributed by atoms with E-state index in [0.29, 0.717) is 17.7 Å². The standard InChI is InChI=1S/C15H17NO2S/c1-9-7-12(19-11(9)3)8-16-15(18)13-5-4-6-14(17)10(13)2/h4-7,17H,8H2,1-3H3,(H,16,18). The van der Waals surface area contributed by atoms with Gasteiger partial charge < -0.3 is 10.4 Å². The highest BCUT2D eigenvalue weighted by Gasteiger charge is 2.11. The zero-order valence-corrected chi connectivity index (χ0v) is 12.1. The molecule has 1 aromatic carbocycles. The Morgan fingerprint density at radius 3 is 2.68 bits per heavy atom. The molecule has 2 N–H and O–H groups in total. The molecule has 0 aliphatic heterocycles. The number of phenols is 1. The predicted octanol–water partition coefficient (Wildman–Crippen LogP) is 3.31. The van der Waals surface area contributed by atoms with Crippen molar-refractivity contribution in [1.82, 2.24) is 5.32 Å². The largest absolute Gasteiger partial charge is 0.508 e. The van der Waals surface area contributed by atoms with Gasteiger partial charge >= 0.3 is 0 Å². The van der Waals surface area contributed by atoms with E-state index in [4.69, 9.17) is 0 Å². The fourth-order valence-electron chi connectivity index (χ4n) is 1.87. The molecule has 0 aliphatic carbocycles. The molecule has 3 nitrogen and oxygen atoms in total. The molecule has 0 aliphatic rings. The van der Waals surface area contributed by atoms with Crippen molar-refractivity contribution in [3.05, 3.63) is 50.7 Å². The number of hydrogen-bond donors (Lipinski definition) is 2. The van der Waals surface area contributed by atoms with Crippen LogP contribution >= 0.6 is 11.3 Å². The summed E-state index contributed by atoms with van der Waals surface area (Å²) in [6, 6.07) is 7.07. The van der Waals surface area contributed by atoms with Crippen molar-refractivity contribution < 1.29 is 9.90 Å². The number of carbonyl (C=O) groups excluding carboxylic acids is 1. The van der Waals surface area contributed by atoms with Crippen LogP contribution in [0.1, 0.15) is 31.2 Å². The molecule has 4 heteroatoms. The number of phenolic OH excluding ortho intramolecular Hbond substituents is 1. The molecule has 1 aromatic heterocycles. The molecule has 1 amide bonds. The summed E-state index contributed by atoms with van der Waals surface area (Å²) in [5.74, 6) is -0.00688. The molecule has 0 unspecified atom stereocenters. The fourth-order valence-corrected chi connectivity index (χ4v) is 2.86. The lowest BCUT2D eigenvalue weighted by Crippen LogP contribution is -2.23. The number of aryl methyl sites for hydroxylation is 2. The summed E-state index contributed by atoms with van der Waals surface area (Å²) in [6.45, 7) is 6.40. The topological polar surface area (TPSA) is 49.3 Å². The normalized spacial score (nSPS) is 10.5. The molecule has 19 heavy (non-hydrogen) atoms. The van der Waals surface area contributed by atoms with Crippen LogP contribution in [0.15, 0.2) is 24.3 Å². The average molecular weight is 275 g/mol. The minimum absolute atomic E-state index is 0.149. The minimum Gasteiger partial charge on any atom is -0.508 e. The molecule has 0 spiro atoms. The monoisotopic (exact) mass is 275 g/mol. The van der Waals surface area contributed by atoms with E-state index < -0.39 is 0 Å². The first-order valence-electron chi connectivity index (χ1n) is 6.11. The smallest absolute Gasteiger partial charge is 0.251 e. The Balaban J connectivity index is 2.07. The van der Waals surface area contributed by atoms with Crippen LogP contribution < -0.4 is 5.32 Å². The van der Waals surface area contributed by atoms with Crippen LogP contribution in [0.4, 0.5) is 0 Å². The van der Waals surface area contributed by atoms with E-state index in [0.717, 1.165) is 4.88 Å². The van der Waals surface area contributed by atoms with Gasteiger partial charge in [0.2, 0.25) is 0 Å². The number of rotatable bonds is 3. The summed E-state index contributed by atoms with van der Waals surface area (Å²) in [6.07, 6.45) is 0. The number of amides is 1. The van der Waals surface area contributed by atoms with Gasteiger partial charge in [0.25, 0.3) is 5.91 Å². The second-order valence-electron chi connectivity index (χ2n) is 4.58. The lowest BCUT2D eigenvalue weighted by molar-refractivity contribution is 0.0950. The Kier molecular flexibility index (Phi) is 3.90. The Hall–Kier alpha value is -1.81. The first-order valence-corrected chi connectivity index (χ1v) is 6.93. The molecule has 1 heterocycles. The maximum Gasteiger partial charge on any atom is 0.251 e. The number of thiophene rings is 1. The van der Waals surface area contributed by atoms with E-state index in [1.54, 1.807) is 36.5 Å². The average Bonchev–Trinajstić information content (AvgIpc) is 2.69. The first kappa shape index (κ1) is 13.6. The quantitative estimate of drug-likeness (QED) is 0.903. The van der Waals surface area contributed by atoms with Gasteiger partial charge in [-0.05, 0) is 44.5 Å². The van der Waals surface area contributed by atoms with Gasteiger partial charge in [-0.1, -0.05) is 6.07 Å². The third-order valence-corrected chi connectivity index (χ3v) is 4.34. The minimum atomic E-state index is -0.155. The van der Waals surface area contributed by atoms with Gasteiger partial charge in [-0.25, -0.2) is 0 Å². The zero-order valence-electron chi connectivity index (χ0n) is 11.3. The summed E-state index contributed by atoms with van der Waals surface area (Å²) in [7, 11) is 0. The van der Waals surface area contributed by atoms with Crippen LogP contribution in [-0.4, -0.2) is 11.0 Å². The summed E-state index contributed by atoms with van der Waals surface area (Å²) in [5, 5.41) is 12.5. The van der Waals surface area contributed by atoms with Crippen molar-refractivity contribution in [3.8, 4) is 5.75 Å². The molecule has 0 bridgehead atoms. The molecule has 100 valence electrons. The van der Waals surface area contributed by atoms with Crippen molar-refractivity contribution in [2.24, 2.45) is 0 Å². The highest BCUT2D eigenvalue weighted by Crippen LogP contribution is 2.21. The number of carbonyl (C=O) groups is 1. The first-order chi connectivity index (χ1) is 8.99. The molecule has 2 aromatic rings. The molecule has 0 atom stereocenters. The Morgan fingerprint density at radius 2 is 2.05 bits per heavy atom. The van der Waals surface area contributed by atoms with Crippen LogP contribution in [0.5, 0.6) is 5.75 Å². The molecule has 0 saturated carbocycles. The SMILES string of the molecule is Cc1cc(CNC(=O)c2cccc(O)c2C)sc1C. The summed E-state index contributed by atoms with van der Waals surface area (Å²) >= 11 is 1.69. The highest BCUT2D eigenvalue weighted by molar-refractivity contribution is 7.12. The zero-order chi connectivity index (χ0) is 14.0. The summed E-state index contributed by atoms with van der Waals surface area (Å²) in [4.78, 5) is 14.5. The molecule has 2 rings (SSSR count). The molecule has 0 fully saturated rings. The third-order valence-electron chi connectivity index (χ3n) is 3.19. The van der Waals surface area contributed by atoms with Gasteiger partial charge in [-0.2, -0.15) is 0 Å². The van der Waals surface area contributed by atoms with Crippen LogP contribution in [0.2, 0.25) is 0 Å². The lowest BCUT2D eigenvalue weighted by atomic mass is 10.1. The van der Waals surface area contributed by atoms with Crippen molar-refractivity contribution in [2.75, 3.05) is 0 Å². The van der Waals surface area contributed by atoms with Crippen molar-refractivity contribution in [3.63, 3.8) is 0 Å². The Bertz CT molecular complexity index is 597. The second-order valence-corrected chi connectivity index (χ2v) is 5.93. The van der Waals surface area contributed by atoms with Crippen LogP contribution in [0, 0.1) is 20.8 Å². The number of hydrogen-bond acceptors (Lipinski definition) is 3. The molecular weight excluding hydrogens is 258 g/mol. The van der Waals surface area contributed by atoms with Crippen molar-refractivity contribution in [2.45, 2.75) is 27.3 Å². The Labute approximate surface area is 116 Å². The van der Waals surface area contributed by atoms with Crippen LogP contribution in [-0.2, 0) is 6.54 Å². The van der Waals surface area contributed by atoms with Gasteiger partial charge in [0.05, 0.1) is 6.54 Å². The van der Waals surface area contributed by atoms with Gasteiger partial charge in [-0.3, -0.25) is 4.79 Å². The maximum atomic E-state index is 12.1. The van der Waals surface area contributed by atoms with E-state index in [-0.39, 0.29) is 11.7 Å². The predicted molar refractivity (Wildman–Crippen MR) is 77.8 cm³/mol. The lowest BCUT2D eigenvalue weighted by Gasteiger charge is -2.07. The fraction of sp³-hybridized carbons (Fsp3) is 0.267. The Morgan fingerprint density at radius 1 is 1.32 bits per heavy atom. The molecular formula is C15H17NO2S. The number of benzene rings is 1. The van der Waals surface area contributed by atoms with Crippen LogP contribution in [0.3, 0.4) is 0 Å².